The van der Waals surface area contributed by atoms with Gasteiger partial charge in [-0.3, -0.25) is 0 Å². The molecule has 2 nitrogen and oxygen atoms in total. The Balaban J connectivity index is 3.18. The van der Waals surface area contributed by atoms with Crippen molar-refractivity contribution in [3.8, 4) is 0 Å². The summed E-state index contributed by atoms with van der Waals surface area (Å²) in [5.41, 5.74) is 5.35. The summed E-state index contributed by atoms with van der Waals surface area (Å²) in [7, 11) is 4.42. The summed E-state index contributed by atoms with van der Waals surface area (Å²) in [6, 6.07) is 0. The summed E-state index contributed by atoms with van der Waals surface area (Å²) in [5, 5.41) is 0. The van der Waals surface area contributed by atoms with Crippen molar-refractivity contribution in [1.29, 1.82) is 0 Å². The van der Waals surface area contributed by atoms with Crippen LogP contribution in [-0.4, -0.2) is 25.9 Å². The maximum Gasteiger partial charge on any atom is 0.0586 e. The van der Waals surface area contributed by atoms with Gasteiger partial charge in [-0.1, -0.05) is 0 Å². The highest BCUT2D eigenvalue weighted by Crippen LogP contribution is 2.03. The van der Waals surface area contributed by atoms with E-state index in [9.17, 15) is 0 Å². The molecule has 0 aliphatic carbocycles. The van der Waals surface area contributed by atoms with Crippen molar-refractivity contribution >= 4 is 9.24 Å². The van der Waals surface area contributed by atoms with E-state index in [-0.39, 0.29) is 0 Å². The van der Waals surface area contributed by atoms with Gasteiger partial charge in [0.15, 0.2) is 0 Å². The van der Waals surface area contributed by atoms with Crippen LogP contribution in [0.1, 0.15) is 12.8 Å². The van der Waals surface area contributed by atoms with Crippen molar-refractivity contribution in [3.63, 3.8) is 0 Å². The SMILES string of the molecule is COC(CCN)CCP. The van der Waals surface area contributed by atoms with Gasteiger partial charge in [-0.25, -0.2) is 0 Å². The molecule has 0 amide bonds. The molecule has 0 aliphatic rings. The minimum Gasteiger partial charge on any atom is -0.381 e. The Morgan fingerprint density at radius 2 is 2.22 bits per heavy atom. The summed E-state index contributed by atoms with van der Waals surface area (Å²) in [6.45, 7) is 0.725. The summed E-state index contributed by atoms with van der Waals surface area (Å²) in [5.74, 6) is 0. The quantitative estimate of drug-likeness (QED) is 0.581. The second-order valence-electron chi connectivity index (χ2n) is 2.01. The Hall–Kier alpha value is 0.350. The number of ether oxygens (including phenoxy) is 1. The zero-order chi connectivity index (χ0) is 7.11. The highest BCUT2D eigenvalue weighted by molar-refractivity contribution is 7.16. The topological polar surface area (TPSA) is 35.2 Å². The first-order chi connectivity index (χ1) is 4.35. The number of rotatable bonds is 5. The first-order valence-electron chi connectivity index (χ1n) is 3.28. The monoisotopic (exact) mass is 149 g/mol. The molecule has 0 saturated heterocycles. The standard InChI is InChI=1S/C6H16NOP/c1-8-6(2-4-7)3-5-9/h6H,2-5,7,9H2,1H3. The molecule has 0 aromatic carbocycles. The first-order valence-corrected chi connectivity index (χ1v) is 4.09. The third-order valence-electron chi connectivity index (χ3n) is 1.31. The van der Waals surface area contributed by atoms with Crippen LogP contribution in [0.4, 0.5) is 0 Å². The molecule has 0 aliphatic heterocycles. The van der Waals surface area contributed by atoms with E-state index in [0.717, 1.165) is 25.5 Å². The van der Waals surface area contributed by atoms with Gasteiger partial charge in [0.1, 0.15) is 0 Å². The average molecular weight is 149 g/mol. The molecule has 3 heteroatoms. The smallest absolute Gasteiger partial charge is 0.0586 e. The fourth-order valence-electron chi connectivity index (χ4n) is 0.752. The van der Waals surface area contributed by atoms with Crippen molar-refractivity contribution in [2.24, 2.45) is 5.73 Å². The lowest BCUT2D eigenvalue weighted by Crippen LogP contribution is -2.16. The van der Waals surface area contributed by atoms with Crippen LogP contribution < -0.4 is 5.73 Å². The molecule has 2 N–H and O–H groups in total. The van der Waals surface area contributed by atoms with Gasteiger partial charge in [-0.2, -0.15) is 0 Å². The molecule has 0 rings (SSSR count). The number of nitrogens with two attached hydrogens (primary N) is 1. The molecule has 2 unspecified atom stereocenters. The van der Waals surface area contributed by atoms with Gasteiger partial charge < -0.3 is 10.5 Å². The summed E-state index contributed by atoms with van der Waals surface area (Å²) >= 11 is 0. The van der Waals surface area contributed by atoms with E-state index in [0.29, 0.717) is 6.10 Å². The van der Waals surface area contributed by atoms with Crippen molar-refractivity contribution in [3.05, 3.63) is 0 Å². The van der Waals surface area contributed by atoms with E-state index in [2.05, 4.69) is 9.24 Å². The van der Waals surface area contributed by atoms with Crippen LogP contribution in [0, 0.1) is 0 Å². The fraction of sp³-hybridized carbons (Fsp3) is 1.00. The van der Waals surface area contributed by atoms with Crippen LogP contribution in [0.15, 0.2) is 0 Å². The highest BCUT2D eigenvalue weighted by atomic mass is 31.0. The molecule has 0 heterocycles. The zero-order valence-electron chi connectivity index (χ0n) is 5.97. The Kier molecular flexibility index (Phi) is 6.72. The molecule has 0 fully saturated rings. The number of hydrogen-bond acceptors (Lipinski definition) is 2. The van der Waals surface area contributed by atoms with Crippen molar-refractivity contribution < 1.29 is 4.74 Å². The number of hydrogen-bond donors (Lipinski definition) is 1. The van der Waals surface area contributed by atoms with E-state index < -0.39 is 0 Å². The minimum absolute atomic E-state index is 0.368. The molecule has 0 aromatic rings. The maximum atomic E-state index is 5.35. The molecule has 0 saturated carbocycles. The van der Waals surface area contributed by atoms with E-state index in [4.69, 9.17) is 10.5 Å². The normalized spacial score (nSPS) is 13.7. The Bertz CT molecular complexity index is 55.0. The predicted molar refractivity (Wildman–Crippen MR) is 43.7 cm³/mol. The van der Waals surface area contributed by atoms with Crippen molar-refractivity contribution in [2.45, 2.75) is 18.9 Å². The van der Waals surface area contributed by atoms with Crippen molar-refractivity contribution in [1.82, 2.24) is 0 Å². The van der Waals surface area contributed by atoms with Crippen LogP contribution in [0.25, 0.3) is 0 Å². The summed E-state index contributed by atoms with van der Waals surface area (Å²) in [4.78, 5) is 0. The lowest BCUT2D eigenvalue weighted by atomic mass is 10.2. The second kappa shape index (κ2) is 6.47. The lowest BCUT2D eigenvalue weighted by molar-refractivity contribution is 0.0952. The summed E-state index contributed by atoms with van der Waals surface area (Å²) in [6.07, 6.45) is 3.54. The third kappa shape index (κ3) is 4.83. The maximum absolute atomic E-state index is 5.35. The number of methoxy groups -OCH3 is 1. The van der Waals surface area contributed by atoms with Crippen LogP contribution in [0.5, 0.6) is 0 Å². The van der Waals surface area contributed by atoms with E-state index in [1.54, 1.807) is 7.11 Å². The second-order valence-corrected chi connectivity index (χ2v) is 2.59. The molecule has 0 aromatic heterocycles. The molecule has 0 bridgehead atoms. The molecule has 2 atom stereocenters. The molecule has 9 heavy (non-hydrogen) atoms. The van der Waals surface area contributed by atoms with Gasteiger partial charge in [0.25, 0.3) is 0 Å². The minimum atomic E-state index is 0.368. The Morgan fingerprint density at radius 3 is 2.56 bits per heavy atom. The van der Waals surface area contributed by atoms with E-state index >= 15 is 0 Å². The Labute approximate surface area is 59.3 Å². The van der Waals surface area contributed by atoms with Crippen molar-refractivity contribution in [2.75, 3.05) is 19.8 Å². The zero-order valence-corrected chi connectivity index (χ0v) is 7.12. The molecule has 0 radical (unpaired) electrons. The third-order valence-corrected chi connectivity index (χ3v) is 1.64. The van der Waals surface area contributed by atoms with Gasteiger partial charge in [0.05, 0.1) is 6.10 Å². The molecular formula is C6H16NOP. The van der Waals surface area contributed by atoms with Gasteiger partial charge in [0, 0.05) is 7.11 Å². The summed E-state index contributed by atoms with van der Waals surface area (Å²) < 4.78 is 5.14. The highest BCUT2D eigenvalue weighted by Gasteiger charge is 2.02. The first kappa shape index (κ1) is 9.35. The Morgan fingerprint density at radius 1 is 1.56 bits per heavy atom. The van der Waals surface area contributed by atoms with Gasteiger partial charge >= 0.3 is 0 Å². The van der Waals surface area contributed by atoms with Gasteiger partial charge in [0.2, 0.25) is 0 Å². The molecular weight excluding hydrogens is 133 g/mol. The van der Waals surface area contributed by atoms with Gasteiger partial charge in [-0.15, -0.1) is 9.24 Å². The van der Waals surface area contributed by atoms with Crippen LogP contribution in [0.2, 0.25) is 0 Å². The van der Waals surface area contributed by atoms with Gasteiger partial charge in [-0.05, 0) is 25.5 Å². The van der Waals surface area contributed by atoms with Crippen LogP contribution in [0.3, 0.4) is 0 Å². The largest absolute Gasteiger partial charge is 0.381 e. The van der Waals surface area contributed by atoms with Crippen LogP contribution >= 0.6 is 9.24 Å². The molecule has 0 spiro atoms. The predicted octanol–water partition coefficient (Wildman–Crippen LogP) is 0.615. The molecule has 56 valence electrons. The fourth-order valence-corrected chi connectivity index (χ4v) is 1.12. The average Bonchev–Trinajstić information content (AvgIpc) is 1.88. The van der Waals surface area contributed by atoms with E-state index in [1.165, 1.54) is 0 Å². The van der Waals surface area contributed by atoms with Crippen LogP contribution in [-0.2, 0) is 4.74 Å². The lowest BCUT2D eigenvalue weighted by Gasteiger charge is -2.11. The van der Waals surface area contributed by atoms with E-state index in [1.807, 2.05) is 0 Å².